The smallest absolute Gasteiger partial charge is 0.338 e. The molecule has 0 saturated heterocycles. The van der Waals surface area contributed by atoms with Crippen molar-refractivity contribution in [3.8, 4) is 0 Å². The summed E-state index contributed by atoms with van der Waals surface area (Å²) in [6.45, 7) is 0.601. The lowest BCUT2D eigenvalue weighted by Crippen LogP contribution is -2.57. The minimum atomic E-state index is -1.13. The standard InChI is InChI=1S/C60H57N3O7/c64-55(62-45-29-43(58(67)69-34-38-16-6-2-7-17-38)28-44(30-45)59(68)70-35-39-18-8-3-9-19-39)50(27-37-14-4-1-5-15-37)63-57(66)54-52-48-22-12-10-20-46(48)51(47-21-11-13-23-49(47)52)53(54)56(65)61-36-60-31-40-24-41(32-60)26-42(25-40)33-60/h1-23,28-30,40-42,50-54H,24-27,31-36H2,(H,61,65)(H,62,64)(H,63,66)/t40?,41?,42?,50-,51?,52?,53+,54-,60?/m0/s1. The molecule has 0 heterocycles. The van der Waals surface area contributed by atoms with Crippen molar-refractivity contribution in [1.29, 1.82) is 0 Å². The SMILES string of the molecule is O=C(OCc1ccccc1)c1cc(NC(=O)[C@H](Cc2ccccc2)NC(=O)[C@H]2C3c4ccccc4C(c4ccccc43)[C@H]2C(=O)NCC23CC4CC(CC(C4)C2)C3)cc(C(=O)OCc2ccccc2)c1. The van der Waals surface area contributed by atoms with E-state index < -0.39 is 47.5 Å². The molecule has 6 aromatic rings. The largest absolute Gasteiger partial charge is 0.457 e. The van der Waals surface area contributed by atoms with Crippen molar-refractivity contribution in [2.45, 2.75) is 76.0 Å². The quantitative estimate of drug-likeness (QED) is 0.0872. The number of hydrogen-bond donors (Lipinski definition) is 3. The highest BCUT2D eigenvalue weighted by molar-refractivity contribution is 6.02. The van der Waals surface area contributed by atoms with Crippen LogP contribution >= 0.6 is 0 Å². The molecule has 7 aliphatic rings. The molecule has 7 aliphatic carbocycles. The van der Waals surface area contributed by atoms with Gasteiger partial charge in [-0.25, -0.2) is 9.59 Å². The maximum Gasteiger partial charge on any atom is 0.338 e. The molecule has 4 fully saturated rings. The fourth-order valence-corrected chi connectivity index (χ4v) is 13.3. The van der Waals surface area contributed by atoms with E-state index in [1.165, 1.54) is 37.5 Å². The maximum atomic E-state index is 15.5. The molecule has 3 amide bonds. The lowest BCUT2D eigenvalue weighted by molar-refractivity contribution is -0.139. The van der Waals surface area contributed by atoms with Gasteiger partial charge < -0.3 is 25.4 Å². The summed E-state index contributed by atoms with van der Waals surface area (Å²) in [4.78, 5) is 72.8. The molecular weight excluding hydrogens is 875 g/mol. The van der Waals surface area contributed by atoms with Crippen molar-refractivity contribution in [2.75, 3.05) is 11.9 Å². The molecule has 13 rings (SSSR count). The van der Waals surface area contributed by atoms with Crippen molar-refractivity contribution < 1.29 is 33.4 Å². The molecule has 0 aromatic heterocycles. The number of carbonyl (C=O) groups is 5. The number of anilines is 1. The Labute approximate surface area is 408 Å². The van der Waals surface area contributed by atoms with Crippen LogP contribution in [0.2, 0.25) is 0 Å². The average molecular weight is 932 g/mol. The Morgan fingerprint density at radius 3 is 1.39 bits per heavy atom. The Balaban J connectivity index is 0.900. The lowest BCUT2D eigenvalue weighted by Gasteiger charge is -2.57. The number of nitrogens with one attached hydrogen (secondary N) is 3. The van der Waals surface area contributed by atoms with Gasteiger partial charge in [0.15, 0.2) is 0 Å². The van der Waals surface area contributed by atoms with E-state index in [1.807, 2.05) is 115 Å². The zero-order chi connectivity index (χ0) is 47.8. The third-order valence-electron chi connectivity index (χ3n) is 15.9. The summed E-state index contributed by atoms with van der Waals surface area (Å²) >= 11 is 0. The van der Waals surface area contributed by atoms with E-state index in [-0.39, 0.29) is 53.7 Å². The van der Waals surface area contributed by atoms with Gasteiger partial charge in [-0.05, 0) is 119 Å². The summed E-state index contributed by atoms with van der Waals surface area (Å²) < 4.78 is 11.3. The van der Waals surface area contributed by atoms with E-state index in [9.17, 15) is 14.4 Å². The Morgan fingerprint density at radius 2 is 0.929 bits per heavy atom. The van der Waals surface area contributed by atoms with E-state index in [0.717, 1.165) is 76.0 Å². The zero-order valence-corrected chi connectivity index (χ0v) is 39.1. The predicted octanol–water partition coefficient (Wildman–Crippen LogP) is 9.92. The van der Waals surface area contributed by atoms with Crippen LogP contribution in [0, 0.1) is 35.0 Å². The highest BCUT2D eigenvalue weighted by Crippen LogP contribution is 2.61. The molecule has 0 aliphatic heterocycles. The molecule has 0 radical (unpaired) electrons. The molecule has 354 valence electrons. The molecular formula is C60H57N3O7. The van der Waals surface area contributed by atoms with Crippen molar-refractivity contribution in [1.82, 2.24) is 10.6 Å². The molecule has 70 heavy (non-hydrogen) atoms. The topological polar surface area (TPSA) is 140 Å². The van der Waals surface area contributed by atoms with Gasteiger partial charge >= 0.3 is 11.9 Å². The number of benzene rings is 6. The summed E-state index contributed by atoms with van der Waals surface area (Å²) in [6, 6.07) is 47.4. The average Bonchev–Trinajstić information content (AvgIpc) is 3.38. The van der Waals surface area contributed by atoms with Crippen LogP contribution in [0.4, 0.5) is 5.69 Å². The van der Waals surface area contributed by atoms with Gasteiger partial charge in [0.05, 0.1) is 23.0 Å². The van der Waals surface area contributed by atoms with Gasteiger partial charge in [0.1, 0.15) is 19.3 Å². The number of hydrogen-bond acceptors (Lipinski definition) is 7. The Bertz CT molecular complexity index is 2780. The summed E-state index contributed by atoms with van der Waals surface area (Å²) in [5.74, 6) is -2.66. The van der Waals surface area contributed by atoms with E-state index in [1.54, 1.807) is 0 Å². The highest BCUT2D eigenvalue weighted by atomic mass is 16.5. The highest BCUT2D eigenvalue weighted by Gasteiger charge is 2.56. The number of esters is 2. The fourth-order valence-electron chi connectivity index (χ4n) is 13.3. The van der Waals surface area contributed by atoms with Crippen LogP contribution in [0.25, 0.3) is 0 Å². The van der Waals surface area contributed by atoms with Crippen LogP contribution in [-0.2, 0) is 43.5 Å². The van der Waals surface area contributed by atoms with E-state index in [4.69, 9.17) is 9.47 Å². The minimum Gasteiger partial charge on any atom is -0.457 e. The Hall–Kier alpha value is -7.33. The first-order valence-corrected chi connectivity index (χ1v) is 24.8. The zero-order valence-electron chi connectivity index (χ0n) is 39.1. The molecule has 3 N–H and O–H groups in total. The van der Waals surface area contributed by atoms with Crippen LogP contribution in [0.3, 0.4) is 0 Å². The normalized spacial score (nSPS) is 24.6. The van der Waals surface area contributed by atoms with Crippen LogP contribution in [-0.4, -0.2) is 42.2 Å². The number of carbonyl (C=O) groups excluding carboxylic acids is 5. The summed E-state index contributed by atoms with van der Waals surface area (Å²) in [6.07, 6.45) is 7.50. The molecule has 0 spiro atoms. The van der Waals surface area contributed by atoms with Crippen molar-refractivity contribution in [3.05, 3.63) is 208 Å². The monoisotopic (exact) mass is 931 g/mol. The number of rotatable bonds is 15. The Kier molecular flexibility index (Phi) is 12.4. The fraction of sp³-hybridized carbons (Fsp3) is 0.317. The van der Waals surface area contributed by atoms with Crippen LogP contribution in [0.15, 0.2) is 158 Å². The van der Waals surface area contributed by atoms with Gasteiger partial charge in [-0.15, -0.1) is 0 Å². The van der Waals surface area contributed by atoms with Crippen molar-refractivity contribution in [3.63, 3.8) is 0 Å². The van der Waals surface area contributed by atoms with Gasteiger partial charge in [0.25, 0.3) is 0 Å². The number of ether oxygens (including phenoxy) is 2. The molecule has 4 saturated carbocycles. The number of amides is 3. The van der Waals surface area contributed by atoms with E-state index >= 15 is 9.59 Å². The number of fused-ring (bicyclic) bond motifs is 1. The second kappa shape index (κ2) is 19.2. The molecule has 10 heteroatoms. The maximum absolute atomic E-state index is 15.5. The summed E-state index contributed by atoms with van der Waals surface area (Å²) in [5.41, 5.74) is 6.81. The van der Waals surface area contributed by atoms with Crippen molar-refractivity contribution >= 4 is 35.3 Å². The van der Waals surface area contributed by atoms with Gasteiger partial charge in [0, 0.05) is 30.5 Å². The predicted molar refractivity (Wildman–Crippen MR) is 265 cm³/mol. The van der Waals surface area contributed by atoms with E-state index in [2.05, 4.69) is 40.2 Å². The second-order valence-corrected chi connectivity index (χ2v) is 20.6. The molecule has 10 nitrogen and oxygen atoms in total. The van der Waals surface area contributed by atoms with Crippen molar-refractivity contribution in [2.24, 2.45) is 35.0 Å². The van der Waals surface area contributed by atoms with E-state index in [0.29, 0.717) is 6.54 Å². The third-order valence-corrected chi connectivity index (χ3v) is 15.9. The first-order valence-electron chi connectivity index (χ1n) is 24.8. The van der Waals surface area contributed by atoms with Gasteiger partial charge in [-0.1, -0.05) is 140 Å². The third kappa shape index (κ3) is 9.15. The summed E-state index contributed by atoms with van der Waals surface area (Å²) in [5, 5.41) is 9.60. The van der Waals surface area contributed by atoms with Crippen LogP contribution in [0.5, 0.6) is 0 Å². The minimum absolute atomic E-state index is 0.00548. The molecule has 6 bridgehead atoms. The molecule has 0 unspecified atom stereocenters. The second-order valence-electron chi connectivity index (χ2n) is 20.6. The molecule has 3 atom stereocenters. The first-order chi connectivity index (χ1) is 34.2. The van der Waals surface area contributed by atoms with Gasteiger partial charge in [-0.2, -0.15) is 0 Å². The Morgan fingerprint density at radius 1 is 0.514 bits per heavy atom. The summed E-state index contributed by atoms with van der Waals surface area (Å²) in [7, 11) is 0. The lowest BCUT2D eigenvalue weighted by atomic mass is 9.49. The van der Waals surface area contributed by atoms with Gasteiger partial charge in [0.2, 0.25) is 17.7 Å². The first kappa shape index (κ1) is 45.1. The molecule has 6 aromatic carbocycles. The van der Waals surface area contributed by atoms with Gasteiger partial charge in [-0.3, -0.25) is 14.4 Å². The van der Waals surface area contributed by atoms with Crippen LogP contribution < -0.4 is 16.0 Å². The van der Waals surface area contributed by atoms with Crippen LogP contribution in [0.1, 0.15) is 110 Å².